The molecule has 0 saturated carbocycles. The van der Waals surface area contributed by atoms with E-state index in [9.17, 15) is 0 Å². The highest BCUT2D eigenvalue weighted by atomic mass is 16.5. The maximum atomic E-state index is 8.06. The molecule has 1 N–H and O–H groups in total. The van der Waals surface area contributed by atoms with E-state index in [1.807, 2.05) is 0 Å². The van der Waals surface area contributed by atoms with Gasteiger partial charge in [-0.05, 0) is 55.4 Å². The Labute approximate surface area is 83.3 Å². The van der Waals surface area contributed by atoms with Gasteiger partial charge in [0.1, 0.15) is 0 Å². The SMILES string of the molecule is CC(C)(C)OC(C)(C)C.CC(C)O. The third-order valence-electron chi connectivity index (χ3n) is 0.612. The Kier molecular flexibility index (Phi) is 6.64. The van der Waals surface area contributed by atoms with Crippen LogP contribution in [-0.2, 0) is 4.74 Å². The highest BCUT2D eigenvalue weighted by molar-refractivity contribution is 4.68. The van der Waals surface area contributed by atoms with Crippen LogP contribution in [0.2, 0.25) is 0 Å². The third-order valence-corrected chi connectivity index (χ3v) is 0.612. The fraction of sp³-hybridized carbons (Fsp3) is 1.00. The molecule has 82 valence electrons. The second-order valence-electron chi connectivity index (χ2n) is 5.42. The zero-order valence-electron chi connectivity index (χ0n) is 10.4. The summed E-state index contributed by atoms with van der Waals surface area (Å²) in [7, 11) is 0. The molecule has 0 aromatic heterocycles. The summed E-state index contributed by atoms with van der Waals surface area (Å²) in [6.07, 6.45) is -0.167. The van der Waals surface area contributed by atoms with Crippen LogP contribution in [0.4, 0.5) is 0 Å². The average molecular weight is 190 g/mol. The summed E-state index contributed by atoms with van der Waals surface area (Å²) in [5.41, 5.74) is -0.0312. The predicted molar refractivity (Wildman–Crippen MR) is 57.9 cm³/mol. The monoisotopic (exact) mass is 190 g/mol. The van der Waals surface area contributed by atoms with Crippen molar-refractivity contribution < 1.29 is 9.84 Å². The van der Waals surface area contributed by atoms with Crippen molar-refractivity contribution in [3.8, 4) is 0 Å². The molecule has 0 aromatic carbocycles. The molecule has 0 saturated heterocycles. The van der Waals surface area contributed by atoms with Gasteiger partial charge in [0.25, 0.3) is 0 Å². The van der Waals surface area contributed by atoms with E-state index in [-0.39, 0.29) is 17.3 Å². The Morgan fingerprint density at radius 1 is 0.846 bits per heavy atom. The summed E-state index contributed by atoms with van der Waals surface area (Å²) in [6.45, 7) is 15.9. The molecule has 0 aliphatic rings. The third kappa shape index (κ3) is 33.5. The normalized spacial score (nSPS) is 12.5. The van der Waals surface area contributed by atoms with Crippen molar-refractivity contribution in [1.82, 2.24) is 0 Å². The Morgan fingerprint density at radius 3 is 1.00 bits per heavy atom. The van der Waals surface area contributed by atoms with Crippen molar-refractivity contribution in [2.45, 2.75) is 72.7 Å². The highest BCUT2D eigenvalue weighted by Gasteiger charge is 2.19. The fourth-order valence-corrected chi connectivity index (χ4v) is 0.919. The first-order valence-corrected chi connectivity index (χ1v) is 4.82. The molecule has 0 radical (unpaired) electrons. The minimum atomic E-state index is -0.167. The van der Waals surface area contributed by atoms with Crippen LogP contribution in [0, 0.1) is 0 Å². The lowest BCUT2D eigenvalue weighted by molar-refractivity contribution is -0.102. The van der Waals surface area contributed by atoms with Crippen LogP contribution in [-0.4, -0.2) is 22.4 Å². The zero-order valence-corrected chi connectivity index (χ0v) is 10.4. The van der Waals surface area contributed by atoms with E-state index in [4.69, 9.17) is 9.84 Å². The minimum absolute atomic E-state index is 0.0156. The van der Waals surface area contributed by atoms with Gasteiger partial charge >= 0.3 is 0 Å². The number of aliphatic hydroxyl groups excluding tert-OH is 1. The quantitative estimate of drug-likeness (QED) is 0.636. The smallest absolute Gasteiger partial charge is 0.0605 e. The Hall–Kier alpha value is -0.0800. The van der Waals surface area contributed by atoms with E-state index in [2.05, 4.69) is 41.5 Å². The summed E-state index contributed by atoms with van der Waals surface area (Å²) in [4.78, 5) is 0. The number of hydrogen-bond donors (Lipinski definition) is 1. The van der Waals surface area contributed by atoms with Crippen LogP contribution in [0.5, 0.6) is 0 Å². The van der Waals surface area contributed by atoms with Gasteiger partial charge in [-0.2, -0.15) is 0 Å². The molecule has 2 heteroatoms. The molecule has 0 aromatic rings. The molecular formula is C11H26O2. The average Bonchev–Trinajstić information content (AvgIpc) is 1.47. The summed E-state index contributed by atoms with van der Waals surface area (Å²) in [5.74, 6) is 0. The van der Waals surface area contributed by atoms with Gasteiger partial charge < -0.3 is 9.84 Å². The second kappa shape index (κ2) is 5.61. The zero-order chi connectivity index (χ0) is 11.3. The van der Waals surface area contributed by atoms with E-state index >= 15 is 0 Å². The van der Waals surface area contributed by atoms with Gasteiger partial charge in [-0.1, -0.05) is 0 Å². The van der Waals surface area contributed by atoms with Crippen molar-refractivity contribution >= 4 is 0 Å². The van der Waals surface area contributed by atoms with Crippen molar-refractivity contribution in [2.24, 2.45) is 0 Å². The molecule has 0 fully saturated rings. The Morgan fingerprint density at radius 2 is 1.00 bits per heavy atom. The molecule has 2 nitrogen and oxygen atoms in total. The second-order valence-corrected chi connectivity index (χ2v) is 5.42. The van der Waals surface area contributed by atoms with Gasteiger partial charge in [-0.3, -0.25) is 0 Å². The maximum Gasteiger partial charge on any atom is 0.0605 e. The number of rotatable bonds is 0. The maximum absolute atomic E-state index is 8.06. The lowest BCUT2D eigenvalue weighted by atomic mass is 10.1. The summed E-state index contributed by atoms with van der Waals surface area (Å²) in [6, 6.07) is 0. The first-order chi connectivity index (χ1) is 5.44. The van der Waals surface area contributed by atoms with Crippen molar-refractivity contribution in [2.75, 3.05) is 0 Å². The molecule has 0 unspecified atom stereocenters. The van der Waals surface area contributed by atoms with Gasteiger partial charge in [0, 0.05) is 6.10 Å². The van der Waals surface area contributed by atoms with E-state index in [0.29, 0.717) is 0 Å². The molecule has 0 heterocycles. The molecule has 0 bridgehead atoms. The topological polar surface area (TPSA) is 29.5 Å². The minimum Gasteiger partial charge on any atom is -0.394 e. The van der Waals surface area contributed by atoms with Crippen molar-refractivity contribution in [3.05, 3.63) is 0 Å². The van der Waals surface area contributed by atoms with Gasteiger partial charge in [-0.25, -0.2) is 0 Å². The highest BCUT2D eigenvalue weighted by Crippen LogP contribution is 2.17. The standard InChI is InChI=1S/C8H18O.C3H8O/c1-7(2,3)9-8(4,5)6;1-3(2)4/h1-6H3;3-4H,1-2H3. The van der Waals surface area contributed by atoms with Crippen LogP contribution in [0.1, 0.15) is 55.4 Å². The van der Waals surface area contributed by atoms with Gasteiger partial charge in [-0.15, -0.1) is 0 Å². The molecule has 0 amide bonds. The number of aliphatic hydroxyl groups is 1. The van der Waals surface area contributed by atoms with Crippen LogP contribution in [0.25, 0.3) is 0 Å². The lowest BCUT2D eigenvalue weighted by Gasteiger charge is -2.30. The number of ether oxygens (including phenoxy) is 1. The van der Waals surface area contributed by atoms with E-state index in [1.54, 1.807) is 13.8 Å². The Balaban J connectivity index is 0. The van der Waals surface area contributed by atoms with Gasteiger partial charge in [0.15, 0.2) is 0 Å². The van der Waals surface area contributed by atoms with Gasteiger partial charge in [0.05, 0.1) is 11.2 Å². The molecule has 0 rings (SSSR count). The molecule has 0 aliphatic heterocycles. The van der Waals surface area contributed by atoms with Gasteiger partial charge in [0.2, 0.25) is 0 Å². The molecule has 13 heavy (non-hydrogen) atoms. The first-order valence-electron chi connectivity index (χ1n) is 4.82. The van der Waals surface area contributed by atoms with Crippen molar-refractivity contribution in [1.29, 1.82) is 0 Å². The fourth-order valence-electron chi connectivity index (χ4n) is 0.919. The predicted octanol–water partition coefficient (Wildman–Crippen LogP) is 2.99. The summed E-state index contributed by atoms with van der Waals surface area (Å²) < 4.78 is 5.62. The summed E-state index contributed by atoms with van der Waals surface area (Å²) in [5, 5.41) is 8.06. The van der Waals surface area contributed by atoms with Crippen LogP contribution < -0.4 is 0 Å². The van der Waals surface area contributed by atoms with E-state index < -0.39 is 0 Å². The lowest BCUT2D eigenvalue weighted by Crippen LogP contribution is -2.31. The van der Waals surface area contributed by atoms with Crippen LogP contribution >= 0.6 is 0 Å². The number of hydrogen-bond acceptors (Lipinski definition) is 2. The Bertz CT molecular complexity index is 100. The van der Waals surface area contributed by atoms with Crippen LogP contribution in [0.15, 0.2) is 0 Å². The molecule has 0 aliphatic carbocycles. The van der Waals surface area contributed by atoms with Crippen LogP contribution in [0.3, 0.4) is 0 Å². The van der Waals surface area contributed by atoms with E-state index in [1.165, 1.54) is 0 Å². The largest absolute Gasteiger partial charge is 0.394 e. The molecular weight excluding hydrogens is 164 g/mol. The van der Waals surface area contributed by atoms with E-state index in [0.717, 1.165) is 0 Å². The van der Waals surface area contributed by atoms with Crippen molar-refractivity contribution in [3.63, 3.8) is 0 Å². The summed E-state index contributed by atoms with van der Waals surface area (Å²) >= 11 is 0. The molecule has 0 atom stereocenters. The first kappa shape index (κ1) is 15.4. The molecule has 0 spiro atoms.